The number of hydrogen-bond acceptors (Lipinski definition) is 4. The Labute approximate surface area is 168 Å². The molecule has 2 atom stereocenters. The molecule has 0 saturated heterocycles. The number of methoxy groups -OCH3 is 2. The van der Waals surface area contributed by atoms with Crippen LogP contribution in [0.4, 0.5) is 0 Å². The third-order valence-electron chi connectivity index (χ3n) is 5.48. The fourth-order valence-electron chi connectivity index (χ4n) is 3.53. The molecule has 0 spiro atoms. The molecule has 1 fully saturated rings. The summed E-state index contributed by atoms with van der Waals surface area (Å²) in [5.74, 6) is 3.83. The smallest absolute Gasteiger partial charge is 0.310 e. The van der Waals surface area contributed by atoms with Gasteiger partial charge in [-0.25, -0.2) is 0 Å². The largest absolute Gasteiger partial charge is 0.493 e. The maximum Gasteiger partial charge on any atom is 0.310 e. The van der Waals surface area contributed by atoms with Gasteiger partial charge >= 0.3 is 5.97 Å². The van der Waals surface area contributed by atoms with E-state index in [0.717, 1.165) is 11.1 Å². The summed E-state index contributed by atoms with van der Waals surface area (Å²) in [4.78, 5) is 12.6. The predicted octanol–water partition coefficient (Wildman–Crippen LogP) is 4.89. The number of terminal acetylenes is 1. The molecular weight excluding hydrogens is 352 g/mol. The highest BCUT2D eigenvalue weighted by atomic mass is 16.5. The standard InChI is InChI=1S/C24H30O4/c1-9-17(16(4)18-10-11-20(26-7)21(13-18)27-8)14-28-23(25)22-19(12-15(2)3)24(22,5)6/h1,10-13,19,22H,14H2,2-8H3/b17-16+. The molecule has 4 nitrogen and oxygen atoms in total. The summed E-state index contributed by atoms with van der Waals surface area (Å²) < 4.78 is 16.2. The molecule has 1 aromatic carbocycles. The van der Waals surface area contributed by atoms with Crippen LogP contribution in [0.5, 0.6) is 11.5 Å². The molecule has 2 rings (SSSR count). The summed E-state index contributed by atoms with van der Waals surface area (Å²) in [5.41, 5.74) is 3.54. The second kappa shape index (κ2) is 8.56. The quantitative estimate of drug-likeness (QED) is 0.383. The first-order valence-electron chi connectivity index (χ1n) is 9.37. The number of ether oxygens (including phenoxy) is 3. The van der Waals surface area contributed by atoms with Crippen molar-refractivity contribution in [3.63, 3.8) is 0 Å². The van der Waals surface area contributed by atoms with Crippen LogP contribution in [-0.4, -0.2) is 26.8 Å². The van der Waals surface area contributed by atoms with Crippen molar-refractivity contribution in [2.45, 2.75) is 34.6 Å². The average molecular weight is 383 g/mol. The van der Waals surface area contributed by atoms with Gasteiger partial charge in [0.2, 0.25) is 0 Å². The Hall–Kier alpha value is -2.67. The van der Waals surface area contributed by atoms with Crippen LogP contribution in [0, 0.1) is 29.6 Å². The number of esters is 1. The minimum absolute atomic E-state index is 0.0766. The summed E-state index contributed by atoms with van der Waals surface area (Å²) in [6.07, 6.45) is 7.85. The summed E-state index contributed by atoms with van der Waals surface area (Å²) in [6.45, 7) is 10.3. The van der Waals surface area contributed by atoms with Crippen LogP contribution in [0.1, 0.15) is 40.2 Å². The van der Waals surface area contributed by atoms with E-state index in [9.17, 15) is 4.79 Å². The van der Waals surface area contributed by atoms with E-state index in [2.05, 4.69) is 25.8 Å². The Kier molecular flexibility index (Phi) is 6.61. The van der Waals surface area contributed by atoms with Crippen LogP contribution in [0.25, 0.3) is 5.57 Å². The van der Waals surface area contributed by atoms with E-state index in [4.69, 9.17) is 20.6 Å². The van der Waals surface area contributed by atoms with Gasteiger partial charge < -0.3 is 14.2 Å². The number of carbonyl (C=O) groups excluding carboxylic acids is 1. The minimum atomic E-state index is -0.194. The van der Waals surface area contributed by atoms with Crippen molar-refractivity contribution in [3.8, 4) is 23.8 Å². The van der Waals surface area contributed by atoms with Crippen molar-refractivity contribution in [2.24, 2.45) is 17.3 Å². The van der Waals surface area contributed by atoms with Crippen LogP contribution < -0.4 is 9.47 Å². The third-order valence-corrected chi connectivity index (χ3v) is 5.48. The molecule has 0 radical (unpaired) electrons. The first-order valence-corrected chi connectivity index (χ1v) is 9.37. The Morgan fingerprint density at radius 2 is 1.82 bits per heavy atom. The van der Waals surface area contributed by atoms with E-state index in [-0.39, 0.29) is 29.8 Å². The highest BCUT2D eigenvalue weighted by Gasteiger charge is 2.61. The molecule has 1 saturated carbocycles. The normalized spacial score (nSPS) is 20.4. The van der Waals surface area contributed by atoms with Crippen LogP contribution in [0.3, 0.4) is 0 Å². The summed E-state index contributed by atoms with van der Waals surface area (Å²) in [6, 6.07) is 5.60. The molecule has 1 aliphatic carbocycles. The van der Waals surface area contributed by atoms with Crippen LogP contribution in [0.15, 0.2) is 35.4 Å². The van der Waals surface area contributed by atoms with Gasteiger partial charge in [-0.3, -0.25) is 4.79 Å². The lowest BCUT2D eigenvalue weighted by Crippen LogP contribution is -2.13. The maximum absolute atomic E-state index is 12.6. The predicted molar refractivity (Wildman–Crippen MR) is 112 cm³/mol. The zero-order valence-electron chi connectivity index (χ0n) is 17.9. The lowest BCUT2D eigenvalue weighted by atomic mass is 10.0. The number of hydrogen-bond donors (Lipinski definition) is 0. The third kappa shape index (κ3) is 4.42. The second-order valence-corrected chi connectivity index (χ2v) is 7.99. The van der Waals surface area contributed by atoms with Crippen molar-refractivity contribution in [3.05, 3.63) is 41.0 Å². The fourth-order valence-corrected chi connectivity index (χ4v) is 3.53. The maximum atomic E-state index is 12.6. The minimum Gasteiger partial charge on any atom is -0.493 e. The van der Waals surface area contributed by atoms with Gasteiger partial charge in [-0.2, -0.15) is 0 Å². The molecule has 28 heavy (non-hydrogen) atoms. The molecule has 1 aromatic rings. The lowest BCUT2D eigenvalue weighted by molar-refractivity contribution is -0.145. The number of allylic oxidation sites excluding steroid dienone is 3. The Morgan fingerprint density at radius 1 is 1.18 bits per heavy atom. The van der Waals surface area contributed by atoms with E-state index in [1.165, 1.54) is 5.57 Å². The van der Waals surface area contributed by atoms with E-state index < -0.39 is 0 Å². The fraction of sp³-hybridized carbons (Fsp3) is 0.458. The molecule has 0 aromatic heterocycles. The molecule has 0 heterocycles. The van der Waals surface area contributed by atoms with Crippen LogP contribution >= 0.6 is 0 Å². The summed E-state index contributed by atoms with van der Waals surface area (Å²) in [5, 5.41) is 0. The van der Waals surface area contributed by atoms with Crippen molar-refractivity contribution >= 4 is 11.5 Å². The first kappa shape index (κ1) is 21.6. The topological polar surface area (TPSA) is 44.8 Å². The molecule has 0 N–H and O–H groups in total. The molecule has 0 bridgehead atoms. The van der Waals surface area contributed by atoms with Crippen molar-refractivity contribution in [2.75, 3.05) is 20.8 Å². The number of benzene rings is 1. The monoisotopic (exact) mass is 382 g/mol. The van der Waals surface area contributed by atoms with Gasteiger partial charge in [0.1, 0.15) is 6.61 Å². The first-order chi connectivity index (χ1) is 13.2. The van der Waals surface area contributed by atoms with E-state index >= 15 is 0 Å². The van der Waals surface area contributed by atoms with Gasteiger partial charge in [-0.1, -0.05) is 37.5 Å². The van der Waals surface area contributed by atoms with Gasteiger partial charge in [0, 0.05) is 5.57 Å². The lowest BCUT2D eigenvalue weighted by Gasteiger charge is -2.12. The van der Waals surface area contributed by atoms with Crippen molar-refractivity contribution < 1.29 is 19.0 Å². The highest BCUT2D eigenvalue weighted by molar-refractivity contribution is 5.79. The summed E-state index contributed by atoms with van der Waals surface area (Å²) >= 11 is 0. The van der Waals surface area contributed by atoms with Gasteiger partial charge in [0.05, 0.1) is 20.1 Å². The zero-order chi connectivity index (χ0) is 21.1. The van der Waals surface area contributed by atoms with Crippen molar-refractivity contribution in [1.82, 2.24) is 0 Å². The van der Waals surface area contributed by atoms with Crippen molar-refractivity contribution in [1.29, 1.82) is 0 Å². The SMILES string of the molecule is C#C/C(COC(=O)C1C(C=C(C)C)C1(C)C)=C(/C)c1ccc(OC)c(OC)c1. The molecule has 150 valence electrons. The molecular formula is C24H30O4. The average Bonchev–Trinajstić information content (AvgIpc) is 3.20. The Bertz CT molecular complexity index is 848. The van der Waals surface area contributed by atoms with Crippen LogP contribution in [-0.2, 0) is 9.53 Å². The Balaban J connectivity index is 2.15. The second-order valence-electron chi connectivity index (χ2n) is 7.99. The molecule has 2 unspecified atom stereocenters. The Morgan fingerprint density at radius 3 is 2.36 bits per heavy atom. The van der Waals surface area contributed by atoms with Gasteiger partial charge in [-0.15, -0.1) is 6.42 Å². The molecule has 1 aliphatic rings. The summed E-state index contributed by atoms with van der Waals surface area (Å²) in [7, 11) is 3.18. The molecule has 0 aliphatic heterocycles. The number of rotatable bonds is 7. The van der Waals surface area contributed by atoms with E-state index in [1.807, 2.05) is 39.0 Å². The van der Waals surface area contributed by atoms with Gasteiger partial charge in [0.25, 0.3) is 0 Å². The zero-order valence-corrected chi connectivity index (χ0v) is 17.9. The van der Waals surface area contributed by atoms with E-state index in [1.54, 1.807) is 14.2 Å². The number of carbonyl (C=O) groups is 1. The van der Waals surface area contributed by atoms with Crippen LogP contribution in [0.2, 0.25) is 0 Å². The van der Waals surface area contributed by atoms with Gasteiger partial charge in [-0.05, 0) is 55.4 Å². The van der Waals surface area contributed by atoms with E-state index in [0.29, 0.717) is 17.1 Å². The molecule has 4 heteroatoms. The highest BCUT2D eigenvalue weighted by Crippen LogP contribution is 2.59. The van der Waals surface area contributed by atoms with Gasteiger partial charge in [0.15, 0.2) is 11.5 Å². The molecule has 0 amide bonds.